The Morgan fingerprint density at radius 2 is 1.07 bits per heavy atom. The van der Waals surface area contributed by atoms with Crippen molar-refractivity contribution >= 4 is 5.97 Å². The van der Waals surface area contributed by atoms with Crippen LogP contribution in [-0.4, -0.2) is 19.2 Å². The first-order valence-corrected chi connectivity index (χ1v) is 16.4. The summed E-state index contributed by atoms with van der Waals surface area (Å²) in [6.45, 7) is 7.74. The summed E-state index contributed by atoms with van der Waals surface area (Å²) in [6.07, 6.45) is 17.5. The van der Waals surface area contributed by atoms with E-state index in [-0.39, 0.29) is 12.1 Å². The standard InChI is InChI=1S/C38H52O4/c1-4-6-7-8-9-10-11-12-13-14-15-16-17-30-41-36-26-24-35(25-27-36)38(39)42-37-28-22-34(23-29-37)33-20-18-32(19-21-33)31(3)40-5-2/h18-29,31H,4-17,30H2,1-3H3. The number of rotatable bonds is 21. The maximum Gasteiger partial charge on any atom is 0.343 e. The monoisotopic (exact) mass is 572 g/mol. The zero-order valence-corrected chi connectivity index (χ0v) is 26.2. The first-order chi connectivity index (χ1) is 20.6. The van der Waals surface area contributed by atoms with Crippen LogP contribution in [0.4, 0.5) is 0 Å². The van der Waals surface area contributed by atoms with Crippen molar-refractivity contribution in [2.75, 3.05) is 13.2 Å². The zero-order valence-electron chi connectivity index (χ0n) is 26.2. The van der Waals surface area contributed by atoms with Crippen LogP contribution in [0.5, 0.6) is 11.5 Å². The van der Waals surface area contributed by atoms with E-state index in [9.17, 15) is 4.79 Å². The van der Waals surface area contributed by atoms with E-state index in [1.807, 2.05) is 43.3 Å². The van der Waals surface area contributed by atoms with E-state index in [1.165, 1.54) is 77.0 Å². The molecule has 0 aromatic heterocycles. The Kier molecular flexibility index (Phi) is 15.8. The minimum absolute atomic E-state index is 0.0792. The number of carbonyl (C=O) groups excluding carboxylic acids is 1. The molecular weight excluding hydrogens is 520 g/mol. The SMILES string of the molecule is CCCCCCCCCCCCCCCOc1ccc(C(=O)Oc2ccc(-c3ccc(C(C)OCC)cc3)cc2)cc1. The number of hydrogen-bond donors (Lipinski definition) is 0. The molecule has 0 fully saturated rings. The molecule has 3 aromatic rings. The second kappa shape index (κ2) is 19.9. The molecule has 0 radical (unpaired) electrons. The van der Waals surface area contributed by atoms with Crippen molar-refractivity contribution < 1.29 is 19.0 Å². The first-order valence-electron chi connectivity index (χ1n) is 16.4. The van der Waals surface area contributed by atoms with E-state index in [4.69, 9.17) is 14.2 Å². The van der Waals surface area contributed by atoms with Gasteiger partial charge in [-0.2, -0.15) is 0 Å². The lowest BCUT2D eigenvalue weighted by Crippen LogP contribution is -2.08. The van der Waals surface area contributed by atoms with Gasteiger partial charge < -0.3 is 14.2 Å². The Morgan fingerprint density at radius 1 is 0.595 bits per heavy atom. The number of esters is 1. The number of hydrogen-bond acceptors (Lipinski definition) is 4. The normalized spacial score (nSPS) is 11.8. The van der Waals surface area contributed by atoms with Crippen LogP contribution in [0.3, 0.4) is 0 Å². The highest BCUT2D eigenvalue weighted by Crippen LogP contribution is 2.26. The molecule has 0 N–H and O–H groups in total. The highest BCUT2D eigenvalue weighted by Gasteiger charge is 2.10. The van der Waals surface area contributed by atoms with Crippen molar-refractivity contribution in [1.82, 2.24) is 0 Å². The second-order valence-electron chi connectivity index (χ2n) is 11.2. The summed E-state index contributed by atoms with van der Waals surface area (Å²) in [5, 5.41) is 0. The summed E-state index contributed by atoms with van der Waals surface area (Å²) < 4.78 is 17.2. The quantitative estimate of drug-likeness (QED) is 0.0723. The average Bonchev–Trinajstić information content (AvgIpc) is 3.02. The summed E-state index contributed by atoms with van der Waals surface area (Å²) in [5.41, 5.74) is 3.83. The van der Waals surface area contributed by atoms with Crippen molar-refractivity contribution in [2.45, 2.75) is 110 Å². The topological polar surface area (TPSA) is 44.8 Å². The lowest BCUT2D eigenvalue weighted by atomic mass is 10.0. The molecule has 1 unspecified atom stereocenters. The zero-order chi connectivity index (χ0) is 29.8. The minimum atomic E-state index is -0.375. The van der Waals surface area contributed by atoms with Crippen LogP contribution >= 0.6 is 0 Å². The molecule has 228 valence electrons. The first kappa shape index (κ1) is 33.4. The molecule has 4 nitrogen and oxygen atoms in total. The molecule has 0 saturated heterocycles. The Bertz CT molecular complexity index is 1120. The molecule has 0 saturated carbocycles. The molecule has 0 heterocycles. The van der Waals surface area contributed by atoms with Crippen LogP contribution in [0.25, 0.3) is 11.1 Å². The van der Waals surface area contributed by atoms with Gasteiger partial charge in [0, 0.05) is 6.61 Å². The van der Waals surface area contributed by atoms with Crippen LogP contribution < -0.4 is 9.47 Å². The summed E-state index contributed by atoms with van der Waals surface area (Å²) in [7, 11) is 0. The van der Waals surface area contributed by atoms with Crippen molar-refractivity contribution in [2.24, 2.45) is 0 Å². The van der Waals surface area contributed by atoms with Crippen LogP contribution in [0.2, 0.25) is 0 Å². The van der Waals surface area contributed by atoms with Crippen LogP contribution in [0.1, 0.15) is 126 Å². The van der Waals surface area contributed by atoms with Crippen molar-refractivity contribution in [3.05, 3.63) is 83.9 Å². The Morgan fingerprint density at radius 3 is 1.60 bits per heavy atom. The van der Waals surface area contributed by atoms with Gasteiger partial charge in [0.1, 0.15) is 11.5 Å². The molecule has 0 bridgehead atoms. The fourth-order valence-electron chi connectivity index (χ4n) is 5.17. The predicted molar refractivity (Wildman–Crippen MR) is 175 cm³/mol. The fourth-order valence-corrected chi connectivity index (χ4v) is 5.17. The van der Waals surface area contributed by atoms with E-state index in [2.05, 4.69) is 38.1 Å². The third kappa shape index (κ3) is 12.4. The molecular formula is C38H52O4. The molecule has 1 atom stereocenters. The maximum atomic E-state index is 12.7. The average molecular weight is 573 g/mol. The van der Waals surface area contributed by atoms with E-state index in [1.54, 1.807) is 12.1 Å². The van der Waals surface area contributed by atoms with Crippen LogP contribution in [0, 0.1) is 0 Å². The lowest BCUT2D eigenvalue weighted by molar-refractivity contribution is 0.0734. The van der Waals surface area contributed by atoms with Gasteiger partial charge in [-0.25, -0.2) is 4.79 Å². The largest absolute Gasteiger partial charge is 0.494 e. The minimum Gasteiger partial charge on any atom is -0.494 e. The number of unbranched alkanes of at least 4 members (excludes halogenated alkanes) is 12. The van der Waals surface area contributed by atoms with Gasteiger partial charge in [0.2, 0.25) is 0 Å². The molecule has 4 heteroatoms. The maximum absolute atomic E-state index is 12.7. The van der Waals surface area contributed by atoms with Gasteiger partial charge in [-0.05, 0) is 73.4 Å². The summed E-state index contributed by atoms with van der Waals surface area (Å²) >= 11 is 0. The molecule has 3 aromatic carbocycles. The molecule has 0 amide bonds. The van der Waals surface area contributed by atoms with Gasteiger partial charge in [-0.1, -0.05) is 120 Å². The second-order valence-corrected chi connectivity index (χ2v) is 11.2. The highest BCUT2D eigenvalue weighted by molar-refractivity contribution is 5.91. The number of carbonyl (C=O) groups is 1. The Balaban J connectivity index is 1.29. The van der Waals surface area contributed by atoms with Gasteiger partial charge in [-0.3, -0.25) is 0 Å². The molecule has 3 rings (SSSR count). The van der Waals surface area contributed by atoms with Gasteiger partial charge in [-0.15, -0.1) is 0 Å². The molecule has 0 aliphatic carbocycles. The number of benzene rings is 3. The highest BCUT2D eigenvalue weighted by atomic mass is 16.5. The molecule has 0 aliphatic heterocycles. The molecule has 42 heavy (non-hydrogen) atoms. The third-order valence-corrected chi connectivity index (χ3v) is 7.80. The lowest BCUT2D eigenvalue weighted by Gasteiger charge is -2.12. The van der Waals surface area contributed by atoms with Crippen LogP contribution in [-0.2, 0) is 4.74 Å². The van der Waals surface area contributed by atoms with Gasteiger partial charge in [0.15, 0.2) is 0 Å². The predicted octanol–water partition coefficient (Wildman–Crippen LogP) is 11.1. The van der Waals surface area contributed by atoms with E-state index in [0.717, 1.165) is 28.9 Å². The summed E-state index contributed by atoms with van der Waals surface area (Å²) in [6, 6.07) is 23.2. The van der Waals surface area contributed by atoms with E-state index >= 15 is 0 Å². The molecule has 0 aliphatic rings. The Hall–Kier alpha value is -3.11. The number of ether oxygens (including phenoxy) is 3. The van der Waals surface area contributed by atoms with Crippen molar-refractivity contribution in [3.63, 3.8) is 0 Å². The van der Waals surface area contributed by atoms with Crippen molar-refractivity contribution in [3.8, 4) is 22.6 Å². The molecule has 0 spiro atoms. The van der Waals surface area contributed by atoms with E-state index in [0.29, 0.717) is 24.5 Å². The summed E-state index contributed by atoms with van der Waals surface area (Å²) in [5.74, 6) is 0.935. The van der Waals surface area contributed by atoms with Gasteiger partial charge in [0.05, 0.1) is 18.3 Å². The van der Waals surface area contributed by atoms with E-state index < -0.39 is 0 Å². The van der Waals surface area contributed by atoms with Crippen molar-refractivity contribution in [1.29, 1.82) is 0 Å². The fraction of sp³-hybridized carbons (Fsp3) is 0.500. The van der Waals surface area contributed by atoms with Crippen LogP contribution in [0.15, 0.2) is 72.8 Å². The Labute approximate surface area is 254 Å². The summed E-state index contributed by atoms with van der Waals surface area (Å²) in [4.78, 5) is 12.7. The smallest absolute Gasteiger partial charge is 0.343 e. The van der Waals surface area contributed by atoms with Gasteiger partial charge >= 0.3 is 5.97 Å². The third-order valence-electron chi connectivity index (χ3n) is 7.80. The van der Waals surface area contributed by atoms with Gasteiger partial charge in [0.25, 0.3) is 0 Å².